The first-order chi connectivity index (χ1) is 27.9. The third-order valence-corrected chi connectivity index (χ3v) is 13.3. The Labute approximate surface area is 361 Å². The highest BCUT2D eigenvalue weighted by molar-refractivity contribution is 7.12. The third kappa shape index (κ3) is 25.3. The molecule has 1 aromatic heterocycles. The fourth-order valence-corrected chi connectivity index (χ4v) is 9.18. The SMILES string of the molecule is CCCCCCCCCCCCc1cc(C#CC(C)C)c(CCCCCCCCCCCC)cc1C#Cc1sc(C(C)C)cc1CCCCCCCCCCCC. The van der Waals surface area contributed by atoms with Gasteiger partial charge in [-0.25, -0.2) is 0 Å². The standard InChI is InChI=1S/C56H92S/c1-8-11-14-17-20-23-26-29-32-35-38-50-46-53(51(45-52(50)42-41-48(4)5)39-36-33-30-27-24-21-18-15-12-9-2)43-44-55-54(47-56(57-55)49(6)7)40-37-34-31-28-25-22-19-16-13-10-3/h45-49H,8-40H2,1-7H3. The molecule has 0 saturated carbocycles. The minimum Gasteiger partial charge on any atom is -0.131 e. The molecule has 1 aromatic carbocycles. The van der Waals surface area contributed by atoms with E-state index >= 15 is 0 Å². The Hall–Kier alpha value is -1.96. The summed E-state index contributed by atoms with van der Waals surface area (Å²) in [5.41, 5.74) is 6.90. The Morgan fingerprint density at radius 1 is 0.386 bits per heavy atom. The Morgan fingerprint density at radius 2 is 0.719 bits per heavy atom. The average Bonchev–Trinajstić information content (AvgIpc) is 3.62. The van der Waals surface area contributed by atoms with E-state index in [2.05, 4.69) is 90.3 Å². The smallest absolute Gasteiger partial charge is 0.0807 e. The summed E-state index contributed by atoms with van der Waals surface area (Å²) >= 11 is 1.96. The summed E-state index contributed by atoms with van der Waals surface area (Å²) < 4.78 is 0. The molecule has 2 aromatic rings. The van der Waals surface area contributed by atoms with Gasteiger partial charge in [-0.2, -0.15) is 0 Å². The fourth-order valence-electron chi connectivity index (χ4n) is 8.12. The van der Waals surface area contributed by atoms with Crippen LogP contribution in [0, 0.1) is 29.6 Å². The van der Waals surface area contributed by atoms with Crippen molar-refractivity contribution < 1.29 is 0 Å². The van der Waals surface area contributed by atoms with Crippen LogP contribution >= 0.6 is 11.3 Å². The lowest BCUT2D eigenvalue weighted by atomic mass is 9.92. The van der Waals surface area contributed by atoms with E-state index in [1.165, 1.54) is 237 Å². The molecule has 0 aliphatic rings. The Morgan fingerprint density at radius 3 is 1.07 bits per heavy atom. The van der Waals surface area contributed by atoms with E-state index in [1.807, 2.05) is 11.3 Å². The van der Waals surface area contributed by atoms with Crippen LogP contribution in [0.3, 0.4) is 0 Å². The van der Waals surface area contributed by atoms with Crippen molar-refractivity contribution in [2.24, 2.45) is 5.92 Å². The van der Waals surface area contributed by atoms with E-state index in [-0.39, 0.29) is 0 Å². The van der Waals surface area contributed by atoms with Gasteiger partial charge in [-0.1, -0.05) is 246 Å². The minimum atomic E-state index is 0.378. The zero-order valence-electron chi connectivity index (χ0n) is 39.1. The van der Waals surface area contributed by atoms with Gasteiger partial charge in [0.25, 0.3) is 0 Å². The first-order valence-electron chi connectivity index (χ1n) is 25.2. The molecule has 0 amide bonds. The molecule has 0 aliphatic carbocycles. The van der Waals surface area contributed by atoms with Crippen LogP contribution in [-0.4, -0.2) is 0 Å². The van der Waals surface area contributed by atoms with Crippen LogP contribution in [0.4, 0.5) is 0 Å². The highest BCUT2D eigenvalue weighted by Gasteiger charge is 2.12. The van der Waals surface area contributed by atoms with Crippen LogP contribution in [0.25, 0.3) is 0 Å². The van der Waals surface area contributed by atoms with E-state index in [0.29, 0.717) is 11.8 Å². The van der Waals surface area contributed by atoms with E-state index < -0.39 is 0 Å². The number of aryl methyl sites for hydroxylation is 3. The summed E-state index contributed by atoms with van der Waals surface area (Å²) in [6.07, 6.45) is 44.7. The number of unbranched alkanes of at least 4 members (excludes halogenated alkanes) is 27. The van der Waals surface area contributed by atoms with Crippen molar-refractivity contribution >= 4 is 11.3 Å². The summed E-state index contributed by atoms with van der Waals surface area (Å²) in [7, 11) is 0. The van der Waals surface area contributed by atoms with Crippen LogP contribution < -0.4 is 0 Å². The highest BCUT2D eigenvalue weighted by atomic mass is 32.1. The summed E-state index contributed by atoms with van der Waals surface area (Å²) in [6.45, 7) is 16.1. The van der Waals surface area contributed by atoms with Crippen LogP contribution in [-0.2, 0) is 19.3 Å². The molecule has 1 heteroatoms. The molecule has 0 atom stereocenters. The second-order valence-electron chi connectivity index (χ2n) is 18.3. The van der Waals surface area contributed by atoms with Gasteiger partial charge < -0.3 is 0 Å². The van der Waals surface area contributed by atoms with Crippen LogP contribution in [0.1, 0.15) is 285 Å². The zero-order chi connectivity index (χ0) is 41.2. The summed E-state index contributed by atoms with van der Waals surface area (Å²) in [4.78, 5) is 2.81. The lowest BCUT2D eigenvalue weighted by Crippen LogP contribution is -2.00. The molecule has 0 saturated heterocycles. The van der Waals surface area contributed by atoms with E-state index in [4.69, 9.17) is 0 Å². The second kappa shape index (κ2) is 34.9. The molecule has 0 radical (unpaired) electrons. The van der Waals surface area contributed by atoms with Crippen LogP contribution in [0.15, 0.2) is 18.2 Å². The monoisotopic (exact) mass is 797 g/mol. The highest BCUT2D eigenvalue weighted by Crippen LogP contribution is 2.30. The van der Waals surface area contributed by atoms with Crippen molar-refractivity contribution in [1.29, 1.82) is 0 Å². The summed E-state index contributed by atoms with van der Waals surface area (Å²) in [5, 5.41) is 0. The molecular formula is C56H92S. The zero-order valence-corrected chi connectivity index (χ0v) is 39.9. The predicted molar refractivity (Wildman–Crippen MR) is 259 cm³/mol. The average molecular weight is 797 g/mol. The van der Waals surface area contributed by atoms with Crippen molar-refractivity contribution in [2.45, 2.75) is 266 Å². The van der Waals surface area contributed by atoms with E-state index in [0.717, 1.165) is 12.8 Å². The van der Waals surface area contributed by atoms with Crippen LogP contribution in [0.5, 0.6) is 0 Å². The maximum atomic E-state index is 3.83. The molecule has 0 bridgehead atoms. The van der Waals surface area contributed by atoms with Gasteiger partial charge in [-0.05, 0) is 79.3 Å². The molecule has 0 N–H and O–H groups in total. The van der Waals surface area contributed by atoms with Crippen molar-refractivity contribution in [3.05, 3.63) is 55.8 Å². The van der Waals surface area contributed by atoms with E-state index in [1.54, 1.807) is 0 Å². The van der Waals surface area contributed by atoms with Gasteiger partial charge in [0.05, 0.1) is 4.88 Å². The van der Waals surface area contributed by atoms with Crippen molar-refractivity contribution in [3.8, 4) is 23.7 Å². The van der Waals surface area contributed by atoms with Crippen molar-refractivity contribution in [1.82, 2.24) is 0 Å². The van der Waals surface area contributed by atoms with Crippen LogP contribution in [0.2, 0.25) is 0 Å². The van der Waals surface area contributed by atoms with Gasteiger partial charge in [0.2, 0.25) is 0 Å². The van der Waals surface area contributed by atoms with Gasteiger partial charge in [0, 0.05) is 21.9 Å². The number of hydrogen-bond donors (Lipinski definition) is 0. The maximum absolute atomic E-state index is 3.83. The maximum Gasteiger partial charge on any atom is 0.0807 e. The lowest BCUT2D eigenvalue weighted by molar-refractivity contribution is 0.555. The first kappa shape index (κ1) is 51.2. The topological polar surface area (TPSA) is 0 Å². The molecule has 322 valence electrons. The number of benzene rings is 1. The predicted octanol–water partition coefficient (Wildman–Crippen LogP) is 18.7. The molecular weight excluding hydrogens is 705 g/mol. The minimum absolute atomic E-state index is 0.378. The van der Waals surface area contributed by atoms with Gasteiger partial charge in [0.1, 0.15) is 0 Å². The lowest BCUT2D eigenvalue weighted by Gasteiger charge is -2.12. The number of rotatable bonds is 34. The normalized spacial score (nSPS) is 11.3. The molecule has 2 rings (SSSR count). The second-order valence-corrected chi connectivity index (χ2v) is 19.4. The molecule has 0 spiro atoms. The fraction of sp³-hybridized carbons (Fsp3) is 0.750. The number of thiophene rings is 1. The molecule has 57 heavy (non-hydrogen) atoms. The quantitative estimate of drug-likeness (QED) is 0.0489. The van der Waals surface area contributed by atoms with Gasteiger partial charge in [-0.15, -0.1) is 11.3 Å². The van der Waals surface area contributed by atoms with Gasteiger partial charge >= 0.3 is 0 Å². The first-order valence-corrected chi connectivity index (χ1v) is 26.0. The van der Waals surface area contributed by atoms with Gasteiger partial charge in [-0.3, -0.25) is 0 Å². The van der Waals surface area contributed by atoms with E-state index in [9.17, 15) is 0 Å². The molecule has 0 fully saturated rings. The molecule has 0 nitrogen and oxygen atoms in total. The summed E-state index contributed by atoms with van der Waals surface area (Å²) in [5.74, 6) is 15.8. The Balaban J connectivity index is 2.21. The largest absolute Gasteiger partial charge is 0.131 e. The molecule has 0 unspecified atom stereocenters. The van der Waals surface area contributed by atoms with Gasteiger partial charge in [0.15, 0.2) is 0 Å². The summed E-state index contributed by atoms with van der Waals surface area (Å²) in [6, 6.07) is 7.45. The Bertz CT molecular complexity index is 1380. The van der Waals surface area contributed by atoms with Crippen molar-refractivity contribution in [3.63, 3.8) is 0 Å². The molecule has 0 aliphatic heterocycles. The third-order valence-electron chi connectivity index (χ3n) is 11.9. The number of hydrogen-bond acceptors (Lipinski definition) is 1. The van der Waals surface area contributed by atoms with Crippen molar-refractivity contribution in [2.75, 3.05) is 0 Å². The Kier molecular flexibility index (Phi) is 31.3. The molecule has 1 heterocycles.